The molecule has 142 valence electrons. The lowest BCUT2D eigenvalue weighted by Gasteiger charge is -2.32. The van der Waals surface area contributed by atoms with Crippen LogP contribution in [0.3, 0.4) is 0 Å². The molecule has 1 aliphatic heterocycles. The fourth-order valence-corrected chi connectivity index (χ4v) is 4.21. The third kappa shape index (κ3) is 2.48. The van der Waals surface area contributed by atoms with E-state index in [9.17, 15) is 10.5 Å². The molecular weight excluding hydrogens is 340 g/mol. The minimum absolute atomic E-state index is 0.133. The van der Waals surface area contributed by atoms with Gasteiger partial charge in [-0.25, -0.2) is 4.99 Å². The fourth-order valence-electron chi connectivity index (χ4n) is 4.21. The molecular formula is C21H26N4O2. The molecule has 1 fully saturated rings. The SMILES string of the molecule is CCCCOC1(OCCCC)N=C(N)C2(C#N)C(c3ccccc3)C12C#N. The van der Waals surface area contributed by atoms with Crippen LogP contribution in [0, 0.1) is 33.5 Å². The summed E-state index contributed by atoms with van der Waals surface area (Å²) >= 11 is 0. The molecule has 2 aliphatic rings. The molecule has 6 heteroatoms. The number of hydrogen-bond acceptors (Lipinski definition) is 6. The molecule has 0 bridgehead atoms. The van der Waals surface area contributed by atoms with Gasteiger partial charge in [-0.05, 0) is 18.4 Å². The van der Waals surface area contributed by atoms with E-state index >= 15 is 0 Å². The monoisotopic (exact) mass is 366 g/mol. The second-order valence-corrected chi connectivity index (χ2v) is 7.17. The highest BCUT2D eigenvalue weighted by Gasteiger charge is 2.93. The van der Waals surface area contributed by atoms with Gasteiger partial charge >= 0.3 is 0 Å². The molecule has 1 aromatic rings. The van der Waals surface area contributed by atoms with Gasteiger partial charge in [-0.1, -0.05) is 57.0 Å². The number of rotatable bonds is 9. The number of aliphatic imine (C=N–C) groups is 1. The summed E-state index contributed by atoms with van der Waals surface area (Å²) in [5.41, 5.74) is 4.63. The summed E-state index contributed by atoms with van der Waals surface area (Å²) in [7, 11) is 0. The van der Waals surface area contributed by atoms with Crippen molar-refractivity contribution in [3.05, 3.63) is 35.9 Å². The van der Waals surface area contributed by atoms with Crippen molar-refractivity contribution in [2.75, 3.05) is 13.2 Å². The lowest BCUT2D eigenvalue weighted by molar-refractivity contribution is -0.260. The molecule has 27 heavy (non-hydrogen) atoms. The first-order valence-electron chi connectivity index (χ1n) is 9.61. The Labute approximate surface area is 160 Å². The van der Waals surface area contributed by atoms with Crippen LogP contribution in [0.4, 0.5) is 0 Å². The van der Waals surface area contributed by atoms with Crippen LogP contribution in [-0.4, -0.2) is 25.0 Å². The maximum Gasteiger partial charge on any atom is 0.293 e. The summed E-state index contributed by atoms with van der Waals surface area (Å²) in [5, 5.41) is 20.3. The predicted molar refractivity (Wildman–Crippen MR) is 101 cm³/mol. The van der Waals surface area contributed by atoms with Crippen LogP contribution in [0.15, 0.2) is 35.3 Å². The standard InChI is InChI=1S/C21H26N4O2/c1-3-5-12-26-21(27-13-6-4-2)20(15-23)17(16-10-8-7-9-11-16)19(20,14-22)18(24)25-21/h7-11,17H,3-6,12-13H2,1-2H3,(H2,24,25). The van der Waals surface area contributed by atoms with Gasteiger partial charge in [-0.15, -0.1) is 0 Å². The number of benzene rings is 1. The van der Waals surface area contributed by atoms with Gasteiger partial charge in [0.1, 0.15) is 11.3 Å². The molecule has 0 radical (unpaired) electrons. The van der Waals surface area contributed by atoms with Gasteiger partial charge in [0, 0.05) is 5.92 Å². The quantitative estimate of drug-likeness (QED) is 0.532. The van der Waals surface area contributed by atoms with Gasteiger partial charge < -0.3 is 15.2 Å². The number of fused-ring (bicyclic) bond motifs is 1. The zero-order chi connectivity index (χ0) is 19.5. The molecule has 0 amide bonds. The minimum atomic E-state index is -1.54. The summed E-state index contributed by atoms with van der Waals surface area (Å²) in [5.74, 6) is -1.83. The average molecular weight is 366 g/mol. The van der Waals surface area contributed by atoms with Gasteiger partial charge in [0.25, 0.3) is 5.91 Å². The Morgan fingerprint density at radius 2 is 1.63 bits per heavy atom. The van der Waals surface area contributed by atoms with Crippen LogP contribution in [0.25, 0.3) is 0 Å². The van der Waals surface area contributed by atoms with Crippen molar-refractivity contribution in [1.82, 2.24) is 0 Å². The first-order valence-corrected chi connectivity index (χ1v) is 9.61. The van der Waals surface area contributed by atoms with Crippen molar-refractivity contribution in [3.63, 3.8) is 0 Å². The minimum Gasteiger partial charge on any atom is -0.386 e. The van der Waals surface area contributed by atoms with Crippen molar-refractivity contribution >= 4 is 5.84 Å². The molecule has 0 saturated heterocycles. The van der Waals surface area contributed by atoms with E-state index < -0.39 is 22.7 Å². The van der Waals surface area contributed by atoms with E-state index in [1.165, 1.54) is 0 Å². The van der Waals surface area contributed by atoms with Gasteiger partial charge in [-0.3, -0.25) is 0 Å². The number of hydrogen-bond donors (Lipinski definition) is 1. The predicted octanol–water partition coefficient (Wildman–Crippen LogP) is 3.46. The fraction of sp³-hybridized carbons (Fsp3) is 0.571. The number of unbranched alkanes of at least 4 members (excludes halogenated alkanes) is 2. The van der Waals surface area contributed by atoms with Crippen molar-refractivity contribution in [2.24, 2.45) is 21.6 Å². The lowest BCUT2D eigenvalue weighted by atomic mass is 9.93. The smallest absolute Gasteiger partial charge is 0.293 e. The number of amidine groups is 1. The topological polar surface area (TPSA) is 104 Å². The molecule has 1 heterocycles. The first-order chi connectivity index (χ1) is 13.1. The van der Waals surface area contributed by atoms with Crippen molar-refractivity contribution in [1.29, 1.82) is 10.5 Å². The third-order valence-corrected chi connectivity index (χ3v) is 5.65. The van der Waals surface area contributed by atoms with Crippen molar-refractivity contribution in [3.8, 4) is 12.1 Å². The molecule has 3 rings (SSSR count). The van der Waals surface area contributed by atoms with Gasteiger partial charge in [0.05, 0.1) is 25.4 Å². The molecule has 0 spiro atoms. The van der Waals surface area contributed by atoms with E-state index in [-0.39, 0.29) is 5.84 Å². The van der Waals surface area contributed by atoms with Crippen LogP contribution in [0.1, 0.15) is 51.0 Å². The molecule has 3 atom stereocenters. The van der Waals surface area contributed by atoms with Crippen LogP contribution >= 0.6 is 0 Å². The number of nitrogens with zero attached hydrogens (tertiary/aromatic N) is 3. The molecule has 3 unspecified atom stereocenters. The highest BCUT2D eigenvalue weighted by Crippen LogP contribution is 2.81. The Morgan fingerprint density at radius 3 is 2.11 bits per heavy atom. The zero-order valence-corrected chi connectivity index (χ0v) is 15.9. The molecule has 6 nitrogen and oxygen atoms in total. The second-order valence-electron chi connectivity index (χ2n) is 7.17. The van der Waals surface area contributed by atoms with Crippen LogP contribution in [-0.2, 0) is 9.47 Å². The number of nitrogens with two attached hydrogens (primary N) is 1. The van der Waals surface area contributed by atoms with Gasteiger partial charge in [0.2, 0.25) is 0 Å². The van der Waals surface area contributed by atoms with Crippen LogP contribution in [0.5, 0.6) is 0 Å². The molecule has 0 aromatic heterocycles. The maximum atomic E-state index is 10.3. The summed E-state index contributed by atoms with van der Waals surface area (Å²) in [4.78, 5) is 4.46. The maximum absolute atomic E-state index is 10.3. The van der Waals surface area contributed by atoms with E-state index in [0.717, 1.165) is 31.2 Å². The van der Waals surface area contributed by atoms with E-state index in [4.69, 9.17) is 15.2 Å². The Bertz CT molecular complexity index is 785. The first kappa shape index (κ1) is 19.4. The Balaban J connectivity index is 2.08. The highest BCUT2D eigenvalue weighted by molar-refractivity contribution is 6.00. The largest absolute Gasteiger partial charge is 0.386 e. The van der Waals surface area contributed by atoms with E-state index in [2.05, 4.69) is 31.0 Å². The van der Waals surface area contributed by atoms with Crippen molar-refractivity contribution in [2.45, 2.75) is 51.4 Å². The molecule has 1 saturated carbocycles. The number of ether oxygens (including phenoxy) is 2. The van der Waals surface area contributed by atoms with Crippen LogP contribution < -0.4 is 5.73 Å². The zero-order valence-electron chi connectivity index (χ0n) is 15.9. The molecule has 1 aromatic carbocycles. The second kappa shape index (κ2) is 7.31. The normalized spacial score (nSPS) is 30.1. The molecule has 1 aliphatic carbocycles. The third-order valence-electron chi connectivity index (χ3n) is 5.65. The van der Waals surface area contributed by atoms with Crippen molar-refractivity contribution < 1.29 is 9.47 Å². The van der Waals surface area contributed by atoms with Gasteiger partial charge in [-0.2, -0.15) is 10.5 Å². The average Bonchev–Trinajstić information content (AvgIpc) is 3.27. The summed E-state index contributed by atoms with van der Waals surface area (Å²) in [6.45, 7) is 4.91. The van der Waals surface area contributed by atoms with E-state index in [0.29, 0.717) is 13.2 Å². The Kier molecular flexibility index (Phi) is 5.24. The van der Waals surface area contributed by atoms with Gasteiger partial charge in [0.15, 0.2) is 5.41 Å². The van der Waals surface area contributed by atoms with E-state index in [1.54, 1.807) is 0 Å². The summed E-state index contributed by atoms with van der Waals surface area (Å²) in [6, 6.07) is 14.2. The summed E-state index contributed by atoms with van der Waals surface area (Å²) < 4.78 is 12.2. The van der Waals surface area contributed by atoms with E-state index in [1.807, 2.05) is 30.3 Å². The lowest BCUT2D eigenvalue weighted by Crippen LogP contribution is -2.44. The number of nitriles is 2. The molecule has 2 N–H and O–H groups in total. The highest BCUT2D eigenvalue weighted by atomic mass is 16.7. The Morgan fingerprint density at radius 1 is 1.04 bits per heavy atom. The summed E-state index contributed by atoms with van der Waals surface area (Å²) in [6.07, 6.45) is 3.50. The van der Waals surface area contributed by atoms with Crippen LogP contribution in [0.2, 0.25) is 0 Å². The Hall–Kier alpha value is -2.41.